The smallest absolute Gasteiger partial charge is 0.0705 e. The predicted molar refractivity (Wildman–Crippen MR) is 79.3 cm³/mol. The highest BCUT2D eigenvalue weighted by atomic mass is 16.5. The van der Waals surface area contributed by atoms with Crippen LogP contribution >= 0.6 is 0 Å². The maximum Gasteiger partial charge on any atom is 0.0705 e. The fraction of sp³-hybridized carbons (Fsp3) is 0.438. The highest BCUT2D eigenvalue weighted by Crippen LogP contribution is 2.23. The molecule has 3 nitrogen and oxygen atoms in total. The molecule has 0 aliphatic carbocycles. The minimum Gasteiger partial charge on any atom is -0.379 e. The molecule has 1 aromatic heterocycles. The Labute approximate surface area is 115 Å². The van der Waals surface area contributed by atoms with E-state index in [1.54, 1.807) is 0 Å². The van der Waals surface area contributed by atoms with Crippen molar-refractivity contribution in [1.29, 1.82) is 0 Å². The highest BCUT2D eigenvalue weighted by Gasteiger charge is 2.13. The van der Waals surface area contributed by atoms with Crippen LogP contribution in [0.2, 0.25) is 0 Å². The van der Waals surface area contributed by atoms with Crippen molar-refractivity contribution in [1.82, 2.24) is 10.3 Å². The summed E-state index contributed by atoms with van der Waals surface area (Å²) in [7, 11) is 0. The lowest BCUT2D eigenvalue weighted by Crippen LogP contribution is -2.25. The van der Waals surface area contributed by atoms with Gasteiger partial charge in [-0.15, -0.1) is 0 Å². The minimum absolute atomic E-state index is 0.226. The Morgan fingerprint density at radius 2 is 2.05 bits per heavy atom. The number of rotatable bonds is 7. The van der Waals surface area contributed by atoms with Crippen molar-refractivity contribution in [2.45, 2.75) is 26.3 Å². The summed E-state index contributed by atoms with van der Waals surface area (Å²) < 4.78 is 5.72. The zero-order chi connectivity index (χ0) is 13.5. The van der Waals surface area contributed by atoms with Gasteiger partial charge in [0.15, 0.2) is 0 Å². The van der Waals surface area contributed by atoms with Crippen molar-refractivity contribution < 1.29 is 4.74 Å². The average Bonchev–Trinajstić information content (AvgIpc) is 2.46. The molecule has 0 saturated carbocycles. The Bertz CT molecular complexity index is 508. The van der Waals surface area contributed by atoms with Gasteiger partial charge in [0, 0.05) is 18.2 Å². The van der Waals surface area contributed by atoms with E-state index in [2.05, 4.69) is 48.4 Å². The van der Waals surface area contributed by atoms with Gasteiger partial charge in [0.2, 0.25) is 0 Å². The van der Waals surface area contributed by atoms with Crippen LogP contribution < -0.4 is 5.32 Å². The van der Waals surface area contributed by atoms with Crippen LogP contribution in [0.5, 0.6) is 0 Å². The van der Waals surface area contributed by atoms with Crippen LogP contribution in [0.1, 0.15) is 31.9 Å². The molecule has 102 valence electrons. The molecule has 1 heterocycles. The van der Waals surface area contributed by atoms with Crippen LogP contribution in [0, 0.1) is 0 Å². The lowest BCUT2D eigenvalue weighted by Gasteiger charge is -2.20. The number of aromatic nitrogens is 1. The molecule has 0 amide bonds. The fourth-order valence-corrected chi connectivity index (χ4v) is 2.27. The number of ether oxygens (including phenoxy) is 1. The van der Waals surface area contributed by atoms with Gasteiger partial charge in [-0.3, -0.25) is 4.98 Å². The fourth-order valence-electron chi connectivity index (χ4n) is 2.27. The minimum atomic E-state index is 0.226. The van der Waals surface area contributed by atoms with E-state index in [-0.39, 0.29) is 6.04 Å². The zero-order valence-corrected chi connectivity index (χ0v) is 11.7. The van der Waals surface area contributed by atoms with E-state index in [0.29, 0.717) is 6.61 Å². The molecular formula is C16H22N2O. The molecule has 3 heteroatoms. The summed E-state index contributed by atoms with van der Waals surface area (Å²) in [6, 6.07) is 10.6. The summed E-state index contributed by atoms with van der Waals surface area (Å²) in [5.41, 5.74) is 2.31. The number of hydrogen-bond acceptors (Lipinski definition) is 3. The predicted octanol–water partition coefficient (Wildman–Crippen LogP) is 3.31. The molecular weight excluding hydrogens is 236 g/mol. The third-order valence-corrected chi connectivity index (χ3v) is 3.14. The molecule has 19 heavy (non-hydrogen) atoms. The van der Waals surface area contributed by atoms with Gasteiger partial charge in [0.05, 0.1) is 18.2 Å². The van der Waals surface area contributed by atoms with E-state index >= 15 is 0 Å². The van der Waals surface area contributed by atoms with Crippen molar-refractivity contribution in [2.24, 2.45) is 0 Å². The molecule has 2 aromatic rings. The van der Waals surface area contributed by atoms with E-state index in [9.17, 15) is 0 Å². The van der Waals surface area contributed by atoms with Crippen LogP contribution in [-0.4, -0.2) is 24.7 Å². The lowest BCUT2D eigenvalue weighted by atomic mass is 10.0. The molecule has 1 atom stereocenters. The molecule has 2 rings (SSSR count). The van der Waals surface area contributed by atoms with Crippen molar-refractivity contribution >= 4 is 10.9 Å². The molecule has 1 N–H and O–H groups in total. The van der Waals surface area contributed by atoms with Gasteiger partial charge in [0.1, 0.15) is 0 Å². The van der Waals surface area contributed by atoms with E-state index in [4.69, 9.17) is 4.74 Å². The summed E-state index contributed by atoms with van der Waals surface area (Å²) in [6.45, 7) is 6.69. The molecule has 0 saturated heterocycles. The zero-order valence-electron chi connectivity index (χ0n) is 11.7. The number of benzene rings is 1. The average molecular weight is 258 g/mol. The number of likely N-dealkylation sites (N-methyl/N-ethyl adjacent to an activating group) is 1. The Hall–Kier alpha value is -1.45. The highest BCUT2D eigenvalue weighted by molar-refractivity contribution is 5.82. The molecule has 0 radical (unpaired) electrons. The number of fused-ring (bicyclic) bond motifs is 1. The van der Waals surface area contributed by atoms with Gasteiger partial charge < -0.3 is 10.1 Å². The SMILES string of the molecule is CCCOCC(NCC)c1ccnc2ccccc12. The maximum absolute atomic E-state index is 5.72. The van der Waals surface area contributed by atoms with Crippen LogP contribution in [0.15, 0.2) is 36.5 Å². The van der Waals surface area contributed by atoms with Gasteiger partial charge >= 0.3 is 0 Å². The van der Waals surface area contributed by atoms with Crippen molar-refractivity contribution in [3.8, 4) is 0 Å². The Kier molecular flexibility index (Phi) is 5.31. The number of hydrogen-bond donors (Lipinski definition) is 1. The molecule has 0 spiro atoms. The van der Waals surface area contributed by atoms with Crippen LogP contribution in [0.3, 0.4) is 0 Å². The van der Waals surface area contributed by atoms with E-state index in [1.165, 1.54) is 10.9 Å². The summed E-state index contributed by atoms with van der Waals surface area (Å²) in [4.78, 5) is 4.41. The molecule has 0 bridgehead atoms. The Morgan fingerprint density at radius 3 is 2.84 bits per heavy atom. The molecule has 1 unspecified atom stereocenters. The summed E-state index contributed by atoms with van der Waals surface area (Å²) >= 11 is 0. The summed E-state index contributed by atoms with van der Waals surface area (Å²) in [6.07, 6.45) is 2.93. The van der Waals surface area contributed by atoms with Crippen LogP contribution in [0.4, 0.5) is 0 Å². The first kappa shape index (κ1) is 14.0. The molecule has 0 aliphatic heterocycles. The second-order valence-corrected chi connectivity index (χ2v) is 4.60. The topological polar surface area (TPSA) is 34.1 Å². The second kappa shape index (κ2) is 7.22. The van der Waals surface area contributed by atoms with E-state index < -0.39 is 0 Å². The van der Waals surface area contributed by atoms with E-state index in [0.717, 1.165) is 25.1 Å². The number of nitrogens with one attached hydrogen (secondary N) is 1. The Morgan fingerprint density at radius 1 is 1.21 bits per heavy atom. The monoisotopic (exact) mass is 258 g/mol. The third kappa shape index (κ3) is 3.52. The quantitative estimate of drug-likeness (QED) is 0.774. The normalized spacial score (nSPS) is 12.7. The lowest BCUT2D eigenvalue weighted by molar-refractivity contribution is 0.113. The number of pyridine rings is 1. The third-order valence-electron chi connectivity index (χ3n) is 3.14. The van der Waals surface area contributed by atoms with Gasteiger partial charge in [-0.1, -0.05) is 32.0 Å². The molecule has 0 fully saturated rings. The first-order valence-corrected chi connectivity index (χ1v) is 7.01. The number of para-hydroxylation sites is 1. The second-order valence-electron chi connectivity index (χ2n) is 4.60. The summed E-state index contributed by atoms with van der Waals surface area (Å²) in [5.74, 6) is 0. The maximum atomic E-state index is 5.72. The van der Waals surface area contributed by atoms with Gasteiger partial charge in [-0.25, -0.2) is 0 Å². The van der Waals surface area contributed by atoms with Crippen molar-refractivity contribution in [3.05, 3.63) is 42.1 Å². The largest absolute Gasteiger partial charge is 0.379 e. The number of nitrogens with zero attached hydrogens (tertiary/aromatic N) is 1. The first-order valence-electron chi connectivity index (χ1n) is 7.01. The van der Waals surface area contributed by atoms with Crippen LogP contribution in [0.25, 0.3) is 10.9 Å². The van der Waals surface area contributed by atoms with Gasteiger partial charge in [-0.05, 0) is 30.7 Å². The van der Waals surface area contributed by atoms with Crippen LogP contribution in [-0.2, 0) is 4.74 Å². The molecule has 1 aromatic carbocycles. The standard InChI is InChI=1S/C16H22N2O/c1-3-11-19-12-16(17-4-2)14-9-10-18-15-8-6-5-7-13(14)15/h5-10,16-17H,3-4,11-12H2,1-2H3. The summed E-state index contributed by atoms with van der Waals surface area (Å²) in [5, 5.41) is 4.70. The molecule has 0 aliphatic rings. The first-order chi connectivity index (χ1) is 9.36. The Balaban J connectivity index is 2.27. The van der Waals surface area contributed by atoms with Crippen molar-refractivity contribution in [3.63, 3.8) is 0 Å². The van der Waals surface area contributed by atoms with Gasteiger partial charge in [-0.2, -0.15) is 0 Å². The van der Waals surface area contributed by atoms with Crippen molar-refractivity contribution in [2.75, 3.05) is 19.8 Å². The van der Waals surface area contributed by atoms with Gasteiger partial charge in [0.25, 0.3) is 0 Å². The van der Waals surface area contributed by atoms with E-state index in [1.807, 2.05) is 12.3 Å².